The molecule has 0 saturated heterocycles. The van der Waals surface area contributed by atoms with Gasteiger partial charge in [0.05, 0.1) is 5.41 Å². The molecule has 3 N–H and O–H groups in total. The Morgan fingerprint density at radius 2 is 1.96 bits per heavy atom. The van der Waals surface area contributed by atoms with Crippen molar-refractivity contribution in [1.82, 2.24) is 5.32 Å². The molecule has 0 aromatic heterocycles. The van der Waals surface area contributed by atoms with E-state index in [1.807, 2.05) is 0 Å². The number of nitrogens with two attached hydrogens (primary N) is 1. The van der Waals surface area contributed by atoms with E-state index >= 15 is 0 Å². The topological polar surface area (TPSA) is 55.1 Å². The predicted octanol–water partition coefficient (Wildman–Crippen LogP) is 3.83. The van der Waals surface area contributed by atoms with Crippen molar-refractivity contribution >= 4 is 5.91 Å². The van der Waals surface area contributed by atoms with Gasteiger partial charge >= 0.3 is 0 Å². The van der Waals surface area contributed by atoms with E-state index in [0.717, 1.165) is 44.4 Å². The molecular formula is C23H32N2O. The molecule has 0 aliphatic heterocycles. The van der Waals surface area contributed by atoms with Gasteiger partial charge in [0.2, 0.25) is 5.91 Å². The van der Waals surface area contributed by atoms with E-state index in [1.54, 1.807) is 0 Å². The first-order valence-electron chi connectivity index (χ1n) is 10.6. The molecule has 1 aromatic carbocycles. The number of aryl methyl sites for hydroxylation is 1. The van der Waals surface area contributed by atoms with Crippen LogP contribution in [0.2, 0.25) is 0 Å². The van der Waals surface area contributed by atoms with Gasteiger partial charge < -0.3 is 11.1 Å². The van der Waals surface area contributed by atoms with E-state index < -0.39 is 0 Å². The molecule has 5 fully saturated rings. The second-order valence-electron chi connectivity index (χ2n) is 9.98. The molecule has 0 spiro atoms. The van der Waals surface area contributed by atoms with Crippen LogP contribution in [0.4, 0.5) is 0 Å². The Balaban J connectivity index is 1.39. The van der Waals surface area contributed by atoms with Gasteiger partial charge in [-0.05, 0) is 87.5 Å². The molecule has 4 unspecified atom stereocenters. The molecule has 1 amide bonds. The summed E-state index contributed by atoms with van der Waals surface area (Å²) < 4.78 is 0. The van der Waals surface area contributed by atoms with Crippen molar-refractivity contribution in [3.63, 3.8) is 0 Å². The Labute approximate surface area is 157 Å². The van der Waals surface area contributed by atoms with E-state index in [4.69, 9.17) is 5.73 Å². The summed E-state index contributed by atoms with van der Waals surface area (Å²) in [6, 6.07) is 9.77. The summed E-state index contributed by atoms with van der Waals surface area (Å²) in [6.07, 6.45) is 10.2. The lowest BCUT2D eigenvalue weighted by Gasteiger charge is -2.41. The summed E-state index contributed by atoms with van der Waals surface area (Å²) in [4.78, 5) is 13.5. The van der Waals surface area contributed by atoms with Crippen LogP contribution in [0.15, 0.2) is 24.3 Å². The third-order valence-electron chi connectivity index (χ3n) is 8.21. The van der Waals surface area contributed by atoms with Crippen LogP contribution < -0.4 is 11.1 Å². The smallest absolute Gasteiger partial charge is 0.226 e. The van der Waals surface area contributed by atoms with Gasteiger partial charge in [-0.25, -0.2) is 0 Å². The van der Waals surface area contributed by atoms with Crippen molar-refractivity contribution in [2.24, 2.45) is 23.0 Å². The average molecular weight is 353 g/mol. The number of hydrogen-bond donors (Lipinski definition) is 2. The molecule has 0 heterocycles. The Morgan fingerprint density at radius 1 is 1.15 bits per heavy atom. The Hall–Kier alpha value is -1.35. The van der Waals surface area contributed by atoms with E-state index in [2.05, 4.69) is 36.5 Å². The van der Waals surface area contributed by atoms with Crippen LogP contribution in [0.3, 0.4) is 0 Å². The molecule has 3 heteroatoms. The van der Waals surface area contributed by atoms with Crippen LogP contribution in [0.25, 0.3) is 0 Å². The quantitative estimate of drug-likeness (QED) is 0.869. The lowest BCUT2D eigenvalue weighted by Crippen LogP contribution is -2.49. The van der Waals surface area contributed by atoms with Crippen molar-refractivity contribution < 1.29 is 4.79 Å². The molecule has 6 rings (SSSR count). The van der Waals surface area contributed by atoms with Crippen LogP contribution in [0.5, 0.6) is 0 Å². The number of carbonyl (C=O) groups is 1. The molecule has 4 bridgehead atoms. The summed E-state index contributed by atoms with van der Waals surface area (Å²) in [5, 5.41) is 3.47. The fourth-order valence-electron chi connectivity index (χ4n) is 7.16. The highest BCUT2D eigenvalue weighted by Gasteiger charge is 2.67. The fraction of sp³-hybridized carbons (Fsp3) is 0.696. The van der Waals surface area contributed by atoms with Gasteiger partial charge in [0.25, 0.3) is 0 Å². The third kappa shape index (κ3) is 2.46. The highest BCUT2D eigenvalue weighted by atomic mass is 16.2. The Kier molecular flexibility index (Phi) is 3.76. The SMILES string of the molecule is Cc1cccc(C23CC4CC(C2)C(C(=O)NC2CCC(N)CC2)(C4)C3)c1. The van der Waals surface area contributed by atoms with Gasteiger partial charge in [0.1, 0.15) is 0 Å². The first-order valence-corrected chi connectivity index (χ1v) is 10.6. The predicted molar refractivity (Wildman–Crippen MR) is 104 cm³/mol. The van der Waals surface area contributed by atoms with Gasteiger partial charge in [0.15, 0.2) is 0 Å². The maximum Gasteiger partial charge on any atom is 0.226 e. The summed E-state index contributed by atoms with van der Waals surface area (Å²) in [6.45, 7) is 2.19. The lowest BCUT2D eigenvalue weighted by atomic mass is 9.63. The minimum absolute atomic E-state index is 0.0910. The van der Waals surface area contributed by atoms with Crippen molar-refractivity contribution in [3.8, 4) is 0 Å². The molecule has 5 aliphatic carbocycles. The second kappa shape index (κ2) is 5.82. The maximum atomic E-state index is 13.5. The molecular weight excluding hydrogens is 320 g/mol. The molecule has 5 aliphatic rings. The minimum atomic E-state index is -0.0910. The number of nitrogens with one attached hydrogen (secondary N) is 1. The lowest BCUT2D eigenvalue weighted by molar-refractivity contribution is -0.134. The van der Waals surface area contributed by atoms with E-state index in [-0.39, 0.29) is 10.8 Å². The Bertz CT molecular complexity index is 723. The number of rotatable bonds is 3. The van der Waals surface area contributed by atoms with Crippen molar-refractivity contribution in [1.29, 1.82) is 0 Å². The largest absolute Gasteiger partial charge is 0.353 e. The van der Waals surface area contributed by atoms with Gasteiger partial charge in [-0.2, -0.15) is 0 Å². The summed E-state index contributed by atoms with van der Waals surface area (Å²) in [5.41, 5.74) is 9.04. The molecule has 0 radical (unpaired) electrons. The summed E-state index contributed by atoms with van der Waals surface area (Å²) >= 11 is 0. The van der Waals surface area contributed by atoms with Crippen molar-refractivity contribution in [2.45, 2.75) is 82.2 Å². The first-order chi connectivity index (χ1) is 12.5. The minimum Gasteiger partial charge on any atom is -0.353 e. The number of hydrogen-bond acceptors (Lipinski definition) is 2. The third-order valence-corrected chi connectivity index (χ3v) is 8.21. The highest BCUT2D eigenvalue weighted by molar-refractivity contribution is 5.85. The first kappa shape index (κ1) is 16.8. The van der Waals surface area contributed by atoms with Crippen LogP contribution in [0, 0.1) is 24.2 Å². The standard InChI is InChI=1S/C23H32N2O/c1-15-3-2-4-17(9-15)22-11-16-10-18(13-22)23(12-16,14-22)21(26)25-20-7-5-19(24)6-8-20/h2-4,9,16,18-20H,5-8,10-14,24H2,1H3,(H,25,26). The molecule has 1 aromatic rings. The van der Waals surface area contributed by atoms with Gasteiger partial charge in [-0.3, -0.25) is 4.79 Å². The van der Waals surface area contributed by atoms with E-state index in [0.29, 0.717) is 23.9 Å². The fourth-order valence-corrected chi connectivity index (χ4v) is 7.16. The molecule has 26 heavy (non-hydrogen) atoms. The monoisotopic (exact) mass is 352 g/mol. The van der Waals surface area contributed by atoms with E-state index in [1.165, 1.54) is 30.4 Å². The number of amides is 1. The van der Waals surface area contributed by atoms with Crippen LogP contribution in [-0.4, -0.2) is 18.0 Å². The Morgan fingerprint density at radius 3 is 2.73 bits per heavy atom. The average Bonchev–Trinajstić information content (AvgIpc) is 3.01. The molecule has 4 atom stereocenters. The zero-order valence-electron chi connectivity index (χ0n) is 16.0. The summed E-state index contributed by atoms with van der Waals surface area (Å²) in [7, 11) is 0. The van der Waals surface area contributed by atoms with Gasteiger partial charge in [0, 0.05) is 12.1 Å². The normalized spacial score (nSPS) is 43.6. The van der Waals surface area contributed by atoms with Crippen LogP contribution in [0.1, 0.15) is 68.9 Å². The number of carbonyl (C=O) groups excluding carboxylic acids is 1. The highest BCUT2D eigenvalue weighted by Crippen LogP contribution is 2.70. The zero-order chi connectivity index (χ0) is 17.9. The van der Waals surface area contributed by atoms with Crippen LogP contribution in [-0.2, 0) is 10.2 Å². The van der Waals surface area contributed by atoms with Crippen molar-refractivity contribution in [3.05, 3.63) is 35.4 Å². The molecule has 140 valence electrons. The zero-order valence-corrected chi connectivity index (χ0v) is 16.0. The van der Waals surface area contributed by atoms with E-state index in [9.17, 15) is 4.79 Å². The second-order valence-corrected chi connectivity index (χ2v) is 9.98. The molecule has 3 nitrogen and oxygen atoms in total. The number of benzene rings is 1. The van der Waals surface area contributed by atoms with Gasteiger partial charge in [-0.1, -0.05) is 29.8 Å². The summed E-state index contributed by atoms with van der Waals surface area (Å²) in [5.74, 6) is 1.71. The van der Waals surface area contributed by atoms with Gasteiger partial charge in [-0.15, -0.1) is 0 Å². The van der Waals surface area contributed by atoms with Crippen molar-refractivity contribution in [2.75, 3.05) is 0 Å². The van der Waals surface area contributed by atoms with Crippen LogP contribution >= 0.6 is 0 Å². The maximum absolute atomic E-state index is 13.5. The molecule has 5 saturated carbocycles.